The first kappa shape index (κ1) is 17.7. The molecular weight excluding hydrogens is 324 g/mol. The van der Waals surface area contributed by atoms with Gasteiger partial charge in [-0.25, -0.2) is 4.79 Å². The van der Waals surface area contributed by atoms with E-state index >= 15 is 0 Å². The molecule has 3 atom stereocenters. The Balaban J connectivity index is 2.10. The molecule has 1 aliphatic rings. The summed E-state index contributed by atoms with van der Waals surface area (Å²) >= 11 is 0. The van der Waals surface area contributed by atoms with E-state index in [4.69, 9.17) is 15.2 Å². The molecule has 132 valence electrons. The summed E-state index contributed by atoms with van der Waals surface area (Å²) in [5.74, 6) is -1.69. The van der Waals surface area contributed by atoms with Gasteiger partial charge in [-0.05, 0) is 5.92 Å². The molecule has 11 nitrogen and oxygen atoms in total. The van der Waals surface area contributed by atoms with E-state index in [0.29, 0.717) is 4.68 Å². The Morgan fingerprint density at radius 3 is 2.79 bits per heavy atom. The van der Waals surface area contributed by atoms with Gasteiger partial charge in [0, 0.05) is 0 Å². The molecule has 0 amide bonds. The Labute approximate surface area is 135 Å². The van der Waals surface area contributed by atoms with E-state index in [1.807, 2.05) is 4.98 Å². The maximum absolute atomic E-state index is 11.7. The van der Waals surface area contributed by atoms with Crippen molar-refractivity contribution < 1.29 is 24.5 Å². The van der Waals surface area contributed by atoms with Crippen molar-refractivity contribution in [2.75, 3.05) is 6.61 Å². The highest BCUT2D eigenvalue weighted by Gasteiger charge is 2.39. The van der Waals surface area contributed by atoms with Crippen LogP contribution in [0, 0.1) is 5.92 Å². The molecule has 0 saturated carbocycles. The topological polar surface area (TPSA) is 170 Å². The molecule has 0 aromatic carbocycles. The van der Waals surface area contributed by atoms with Gasteiger partial charge in [-0.15, -0.1) is 0 Å². The summed E-state index contributed by atoms with van der Waals surface area (Å²) in [5, 5.41) is 23.3. The lowest BCUT2D eigenvalue weighted by Gasteiger charge is -2.17. The van der Waals surface area contributed by atoms with Gasteiger partial charge in [0.2, 0.25) is 6.23 Å². The molecule has 1 unspecified atom stereocenters. The molecule has 5 N–H and O–H groups in total. The van der Waals surface area contributed by atoms with Gasteiger partial charge in [0.1, 0.15) is 12.2 Å². The molecule has 0 fully saturated rings. The van der Waals surface area contributed by atoms with Crippen molar-refractivity contribution in [2.45, 2.75) is 32.2 Å². The number of aromatic nitrogens is 3. The number of nitrogens with two attached hydrogens (primary N) is 1. The van der Waals surface area contributed by atoms with Crippen LogP contribution in [0.5, 0.6) is 0 Å². The average molecular weight is 342 g/mol. The van der Waals surface area contributed by atoms with E-state index in [2.05, 4.69) is 5.10 Å². The largest absolute Gasteiger partial charge is 0.506 e. The second kappa shape index (κ2) is 6.84. The highest BCUT2D eigenvalue weighted by Crippen LogP contribution is 2.29. The molecule has 1 aliphatic heterocycles. The number of carbonyl (C=O) groups excluding carboxylic acids is 1. The second-order valence-corrected chi connectivity index (χ2v) is 5.52. The van der Waals surface area contributed by atoms with Crippen LogP contribution in [-0.2, 0) is 14.3 Å². The molecule has 11 heteroatoms. The first-order chi connectivity index (χ1) is 11.2. The lowest BCUT2D eigenvalue weighted by Crippen LogP contribution is -2.38. The number of hydrogen-bond donors (Lipinski definition) is 4. The average Bonchev–Trinajstić information content (AvgIpc) is 2.80. The minimum absolute atomic E-state index is 0.146. The van der Waals surface area contributed by atoms with Gasteiger partial charge < -0.3 is 25.4 Å². The Kier molecular flexibility index (Phi) is 5.04. The number of hydrogen-bond acceptors (Lipinski definition) is 9. The lowest BCUT2D eigenvalue weighted by atomic mass is 10.1. The molecule has 0 bridgehead atoms. The van der Waals surface area contributed by atoms with Crippen molar-refractivity contribution in [3.8, 4) is 0 Å². The number of carbonyl (C=O) groups is 1. The number of nitrogens with zero attached hydrogens (tertiary/aromatic N) is 2. The molecule has 1 aromatic rings. The lowest BCUT2D eigenvalue weighted by molar-refractivity contribution is -0.146. The second-order valence-electron chi connectivity index (χ2n) is 5.52. The fraction of sp³-hybridized carbons (Fsp3) is 0.538. The van der Waals surface area contributed by atoms with E-state index in [0.717, 1.165) is 6.20 Å². The number of aliphatic hydroxyl groups excluding tert-OH is 2. The molecule has 2 rings (SSSR count). The minimum Gasteiger partial charge on any atom is -0.506 e. The predicted octanol–water partition coefficient (Wildman–Crippen LogP) is -1.88. The molecule has 1 aromatic heterocycles. The van der Waals surface area contributed by atoms with Crippen LogP contribution in [0.15, 0.2) is 27.3 Å². The fourth-order valence-electron chi connectivity index (χ4n) is 1.91. The Morgan fingerprint density at radius 2 is 2.21 bits per heavy atom. The maximum atomic E-state index is 11.7. The monoisotopic (exact) mass is 342 g/mol. The van der Waals surface area contributed by atoms with Crippen LogP contribution in [0.1, 0.15) is 20.1 Å². The van der Waals surface area contributed by atoms with Crippen LogP contribution in [0.2, 0.25) is 0 Å². The summed E-state index contributed by atoms with van der Waals surface area (Å²) < 4.78 is 10.8. The van der Waals surface area contributed by atoms with Gasteiger partial charge in [-0.1, -0.05) is 13.8 Å². The number of H-pyrrole nitrogens is 1. The Bertz CT molecular complexity index is 766. The number of rotatable bonds is 5. The highest BCUT2D eigenvalue weighted by atomic mass is 16.6. The van der Waals surface area contributed by atoms with Crippen LogP contribution in [0.3, 0.4) is 0 Å². The quantitative estimate of drug-likeness (QED) is 0.447. The van der Waals surface area contributed by atoms with Crippen molar-refractivity contribution in [2.24, 2.45) is 11.7 Å². The molecule has 2 heterocycles. The summed E-state index contributed by atoms with van der Waals surface area (Å²) in [4.78, 5) is 36.3. The third-order valence-electron chi connectivity index (χ3n) is 3.41. The highest BCUT2D eigenvalue weighted by molar-refractivity contribution is 5.75. The van der Waals surface area contributed by atoms with Gasteiger partial charge in [-0.2, -0.15) is 9.78 Å². The number of esters is 1. The van der Waals surface area contributed by atoms with Crippen molar-refractivity contribution in [3.63, 3.8) is 0 Å². The van der Waals surface area contributed by atoms with Crippen molar-refractivity contribution >= 4 is 5.97 Å². The number of nitrogens with one attached hydrogen (secondary N) is 1. The first-order valence-corrected chi connectivity index (χ1v) is 7.09. The zero-order chi connectivity index (χ0) is 18.0. The van der Waals surface area contributed by atoms with Crippen molar-refractivity contribution in [1.29, 1.82) is 0 Å². The van der Waals surface area contributed by atoms with E-state index in [1.54, 1.807) is 13.8 Å². The number of aliphatic hydroxyl groups is 2. The molecule has 0 aliphatic carbocycles. The number of ether oxygens (including phenoxy) is 2. The Morgan fingerprint density at radius 1 is 1.54 bits per heavy atom. The normalized spacial score (nSPS) is 21.7. The van der Waals surface area contributed by atoms with Crippen LogP contribution < -0.4 is 17.0 Å². The van der Waals surface area contributed by atoms with Crippen molar-refractivity contribution in [3.05, 3.63) is 38.6 Å². The summed E-state index contributed by atoms with van der Waals surface area (Å²) in [7, 11) is 0. The van der Waals surface area contributed by atoms with Crippen LogP contribution in [-0.4, -0.2) is 49.7 Å². The third kappa shape index (κ3) is 3.46. The third-order valence-corrected chi connectivity index (χ3v) is 3.41. The van der Waals surface area contributed by atoms with Gasteiger partial charge in [0.05, 0.1) is 0 Å². The zero-order valence-electron chi connectivity index (χ0n) is 13.0. The van der Waals surface area contributed by atoms with Gasteiger partial charge in [-0.3, -0.25) is 14.6 Å². The molecule has 0 radical (unpaired) electrons. The van der Waals surface area contributed by atoms with E-state index in [9.17, 15) is 24.6 Å². The summed E-state index contributed by atoms with van der Waals surface area (Å²) in [5.41, 5.74) is 3.97. The standard InChI is InChI=1S/C13H18N4O7/c1-5(2)8(14)12(21)23-4-6-9(19)10(20)11(24-6)17-13(22)16-7(18)3-15-17/h3,5,8,10-11,19-20H,4,14H2,1-2H3,(H,16,18,22)/t8-,10?,11-/m1/s1. The first-order valence-electron chi connectivity index (χ1n) is 7.09. The van der Waals surface area contributed by atoms with Gasteiger partial charge in [0.25, 0.3) is 5.56 Å². The summed E-state index contributed by atoms with van der Waals surface area (Å²) in [6.07, 6.45) is -2.20. The SMILES string of the molecule is CC(C)[C@@H](N)C(=O)OCC1=C(O)C(O)[C@H](n2ncc(=O)[nH]c2=O)O1. The smallest absolute Gasteiger partial charge is 0.348 e. The van der Waals surface area contributed by atoms with Crippen molar-refractivity contribution in [1.82, 2.24) is 14.8 Å². The Hall–Kier alpha value is -2.66. The molecule has 0 saturated heterocycles. The maximum Gasteiger partial charge on any atom is 0.348 e. The zero-order valence-corrected chi connectivity index (χ0v) is 13.0. The molecule has 24 heavy (non-hydrogen) atoms. The van der Waals surface area contributed by atoms with Gasteiger partial charge >= 0.3 is 11.7 Å². The predicted molar refractivity (Wildman–Crippen MR) is 78.7 cm³/mol. The molecular formula is C13H18N4O7. The van der Waals surface area contributed by atoms with Crippen LogP contribution in [0.4, 0.5) is 0 Å². The fourth-order valence-corrected chi connectivity index (χ4v) is 1.91. The van der Waals surface area contributed by atoms with E-state index in [1.165, 1.54) is 0 Å². The minimum atomic E-state index is -1.62. The van der Waals surface area contributed by atoms with Crippen LogP contribution >= 0.6 is 0 Å². The van der Waals surface area contributed by atoms with Gasteiger partial charge in [0.15, 0.2) is 24.2 Å². The van der Waals surface area contributed by atoms with E-state index in [-0.39, 0.29) is 11.7 Å². The summed E-state index contributed by atoms with van der Waals surface area (Å²) in [6, 6.07) is -0.849. The number of aromatic amines is 1. The summed E-state index contributed by atoms with van der Waals surface area (Å²) in [6.45, 7) is 3.00. The van der Waals surface area contributed by atoms with E-state index < -0.39 is 48.0 Å². The molecule has 0 spiro atoms. The van der Waals surface area contributed by atoms with Crippen LogP contribution in [0.25, 0.3) is 0 Å².